The van der Waals surface area contributed by atoms with Gasteiger partial charge in [-0.05, 0) is 49.6 Å². The molecule has 0 atom stereocenters. The maximum absolute atomic E-state index is 12.4. The first kappa shape index (κ1) is 19.6. The summed E-state index contributed by atoms with van der Waals surface area (Å²) < 4.78 is 5.68. The normalized spacial score (nSPS) is 13.0. The summed E-state index contributed by atoms with van der Waals surface area (Å²) in [5.74, 6) is 0.626. The van der Waals surface area contributed by atoms with E-state index >= 15 is 0 Å². The lowest BCUT2D eigenvalue weighted by Crippen LogP contribution is -2.22. The number of Topliss-reactive ketones (excluding diaryl/α,β-unsaturated/α-hetero) is 1. The number of rotatable bonds is 7. The van der Waals surface area contributed by atoms with Crippen molar-refractivity contribution in [3.63, 3.8) is 0 Å². The number of carbonyl (C=O) groups excluding carboxylic acids is 3. The van der Waals surface area contributed by atoms with Gasteiger partial charge in [0.05, 0.1) is 0 Å². The molecule has 2 N–H and O–H groups in total. The molecule has 0 spiro atoms. The second-order valence-corrected chi connectivity index (χ2v) is 7.44. The van der Waals surface area contributed by atoms with Crippen molar-refractivity contribution in [2.75, 3.05) is 5.32 Å². The third kappa shape index (κ3) is 4.66. The zero-order valence-electron chi connectivity index (χ0n) is 16.6. The van der Waals surface area contributed by atoms with Crippen molar-refractivity contribution in [1.29, 1.82) is 0 Å². The highest BCUT2D eigenvalue weighted by atomic mass is 16.3. The number of amides is 2. The van der Waals surface area contributed by atoms with E-state index in [1.165, 1.54) is 6.92 Å². The maximum atomic E-state index is 12.4. The molecular formula is C24H22N2O4. The summed E-state index contributed by atoms with van der Waals surface area (Å²) in [6, 6.07) is 17.8. The van der Waals surface area contributed by atoms with Crippen molar-refractivity contribution in [3.8, 4) is 11.3 Å². The summed E-state index contributed by atoms with van der Waals surface area (Å²) in [4.78, 5) is 35.7. The number of anilines is 1. The van der Waals surface area contributed by atoms with E-state index in [0.717, 1.165) is 29.7 Å². The Bertz CT molecular complexity index is 1090. The predicted molar refractivity (Wildman–Crippen MR) is 113 cm³/mol. The van der Waals surface area contributed by atoms with Gasteiger partial charge < -0.3 is 15.1 Å². The first-order chi connectivity index (χ1) is 14.5. The van der Waals surface area contributed by atoms with Crippen LogP contribution in [-0.4, -0.2) is 17.6 Å². The van der Waals surface area contributed by atoms with Crippen LogP contribution in [-0.2, 0) is 11.3 Å². The van der Waals surface area contributed by atoms with Gasteiger partial charge in [-0.25, -0.2) is 0 Å². The van der Waals surface area contributed by atoms with Crippen LogP contribution >= 0.6 is 0 Å². The van der Waals surface area contributed by atoms with E-state index < -0.39 is 0 Å². The molecule has 30 heavy (non-hydrogen) atoms. The number of ketones is 1. The molecule has 1 aliphatic rings. The molecule has 1 aliphatic carbocycles. The fourth-order valence-corrected chi connectivity index (χ4v) is 3.10. The van der Waals surface area contributed by atoms with Gasteiger partial charge in [-0.1, -0.05) is 36.4 Å². The zero-order valence-corrected chi connectivity index (χ0v) is 16.6. The van der Waals surface area contributed by atoms with Crippen LogP contribution in [0.1, 0.15) is 46.2 Å². The largest absolute Gasteiger partial charge is 0.451 e. The standard InChI is InChI=1S/C24H22N2O4/c1-15(27)17-5-7-18(8-6-17)21-11-12-22(30-21)24(29)25-14-16-3-2-4-20(13-16)26-23(28)19-9-10-19/h2-8,11-13,19H,9-10,14H2,1H3,(H,25,29)(H,26,28). The minimum Gasteiger partial charge on any atom is -0.451 e. The van der Waals surface area contributed by atoms with E-state index in [4.69, 9.17) is 4.42 Å². The van der Waals surface area contributed by atoms with Gasteiger partial charge in [0.1, 0.15) is 5.76 Å². The molecule has 0 bridgehead atoms. The van der Waals surface area contributed by atoms with Crippen LogP contribution < -0.4 is 10.6 Å². The van der Waals surface area contributed by atoms with Crippen molar-refractivity contribution in [2.24, 2.45) is 5.92 Å². The number of nitrogens with one attached hydrogen (secondary N) is 2. The van der Waals surface area contributed by atoms with E-state index in [1.54, 1.807) is 36.4 Å². The van der Waals surface area contributed by atoms with E-state index in [0.29, 0.717) is 17.9 Å². The molecule has 0 aliphatic heterocycles. The van der Waals surface area contributed by atoms with Crippen LogP contribution in [0.15, 0.2) is 65.1 Å². The molecule has 2 aromatic carbocycles. The second-order valence-electron chi connectivity index (χ2n) is 7.44. The predicted octanol–water partition coefficient (Wildman–Crippen LogP) is 4.43. The van der Waals surface area contributed by atoms with Gasteiger partial charge in [-0.15, -0.1) is 0 Å². The summed E-state index contributed by atoms with van der Waals surface area (Å²) in [6.45, 7) is 1.83. The van der Waals surface area contributed by atoms with Gasteiger partial charge in [-0.2, -0.15) is 0 Å². The van der Waals surface area contributed by atoms with E-state index in [1.807, 2.05) is 24.3 Å². The van der Waals surface area contributed by atoms with Crippen molar-refractivity contribution in [2.45, 2.75) is 26.3 Å². The fraction of sp³-hybridized carbons (Fsp3) is 0.208. The van der Waals surface area contributed by atoms with Crippen LogP contribution in [0.2, 0.25) is 0 Å². The Hall–Kier alpha value is -3.67. The van der Waals surface area contributed by atoms with E-state index in [2.05, 4.69) is 10.6 Å². The highest BCUT2D eigenvalue weighted by Gasteiger charge is 2.29. The summed E-state index contributed by atoms with van der Waals surface area (Å²) >= 11 is 0. The molecule has 1 saturated carbocycles. The number of hydrogen-bond donors (Lipinski definition) is 2. The Morgan fingerprint density at radius 2 is 1.77 bits per heavy atom. The summed E-state index contributed by atoms with van der Waals surface area (Å²) in [7, 11) is 0. The van der Waals surface area contributed by atoms with Crippen LogP contribution in [0.4, 0.5) is 5.69 Å². The van der Waals surface area contributed by atoms with Crippen molar-refractivity contribution < 1.29 is 18.8 Å². The maximum Gasteiger partial charge on any atom is 0.287 e. The molecule has 0 radical (unpaired) electrons. The van der Waals surface area contributed by atoms with E-state index in [-0.39, 0.29) is 29.3 Å². The average molecular weight is 402 g/mol. The van der Waals surface area contributed by atoms with Crippen LogP contribution in [0.5, 0.6) is 0 Å². The number of furan rings is 1. The monoisotopic (exact) mass is 402 g/mol. The summed E-state index contributed by atoms with van der Waals surface area (Å²) in [6.07, 6.45) is 1.90. The molecule has 2 amide bonds. The third-order valence-electron chi connectivity index (χ3n) is 5.00. The van der Waals surface area contributed by atoms with Crippen molar-refractivity contribution in [3.05, 3.63) is 77.6 Å². The molecule has 0 saturated heterocycles. The van der Waals surface area contributed by atoms with Gasteiger partial charge in [0, 0.05) is 29.3 Å². The molecule has 1 aromatic heterocycles. The lowest BCUT2D eigenvalue weighted by Gasteiger charge is -2.08. The van der Waals surface area contributed by atoms with Gasteiger partial charge in [0.25, 0.3) is 5.91 Å². The molecule has 4 rings (SSSR count). The van der Waals surface area contributed by atoms with Gasteiger partial charge in [0.15, 0.2) is 11.5 Å². The molecular weight excluding hydrogens is 380 g/mol. The number of carbonyl (C=O) groups is 3. The number of benzene rings is 2. The minimum absolute atomic E-state index is 0.00256. The smallest absolute Gasteiger partial charge is 0.287 e. The molecule has 6 heteroatoms. The molecule has 6 nitrogen and oxygen atoms in total. The topological polar surface area (TPSA) is 88.4 Å². The average Bonchev–Trinajstić information content (AvgIpc) is 3.49. The Morgan fingerprint density at radius 1 is 1.00 bits per heavy atom. The third-order valence-corrected chi connectivity index (χ3v) is 5.00. The van der Waals surface area contributed by atoms with E-state index in [9.17, 15) is 14.4 Å². The lowest BCUT2D eigenvalue weighted by molar-refractivity contribution is -0.117. The Kier molecular flexibility index (Phi) is 5.48. The quantitative estimate of drug-likeness (QED) is 0.572. The van der Waals surface area contributed by atoms with Crippen LogP contribution in [0.25, 0.3) is 11.3 Å². The van der Waals surface area contributed by atoms with Crippen molar-refractivity contribution >= 4 is 23.3 Å². The molecule has 1 heterocycles. The van der Waals surface area contributed by atoms with Gasteiger partial charge >= 0.3 is 0 Å². The molecule has 3 aromatic rings. The van der Waals surface area contributed by atoms with Gasteiger partial charge in [0.2, 0.25) is 5.91 Å². The Balaban J connectivity index is 1.36. The van der Waals surface area contributed by atoms with Gasteiger partial charge in [-0.3, -0.25) is 14.4 Å². The van der Waals surface area contributed by atoms with Crippen LogP contribution in [0.3, 0.4) is 0 Å². The SMILES string of the molecule is CC(=O)c1ccc(-c2ccc(C(=O)NCc3cccc(NC(=O)C4CC4)c3)o2)cc1. The Morgan fingerprint density at radius 3 is 2.47 bits per heavy atom. The zero-order chi connectivity index (χ0) is 21.1. The lowest BCUT2D eigenvalue weighted by atomic mass is 10.1. The highest BCUT2D eigenvalue weighted by Crippen LogP contribution is 2.30. The van der Waals surface area contributed by atoms with Crippen LogP contribution in [0, 0.1) is 5.92 Å². The second kappa shape index (κ2) is 8.37. The number of hydrogen-bond acceptors (Lipinski definition) is 4. The summed E-state index contributed by atoms with van der Waals surface area (Å²) in [5, 5.41) is 5.73. The first-order valence-electron chi connectivity index (χ1n) is 9.89. The fourth-order valence-electron chi connectivity index (χ4n) is 3.10. The molecule has 1 fully saturated rings. The minimum atomic E-state index is -0.325. The molecule has 0 unspecified atom stereocenters. The Labute approximate surface area is 174 Å². The highest BCUT2D eigenvalue weighted by molar-refractivity contribution is 5.95. The molecule has 152 valence electrons. The summed E-state index contributed by atoms with van der Waals surface area (Å²) in [5.41, 5.74) is 3.02. The first-order valence-corrected chi connectivity index (χ1v) is 9.89. The van der Waals surface area contributed by atoms with Crippen molar-refractivity contribution in [1.82, 2.24) is 5.32 Å².